The second-order valence-corrected chi connectivity index (χ2v) is 3.37. The van der Waals surface area contributed by atoms with Crippen LogP contribution in [-0.2, 0) is 0 Å². The number of hydrogen-bond donors (Lipinski definition) is 0. The molecule has 62 valence electrons. The van der Waals surface area contributed by atoms with Crippen molar-refractivity contribution in [2.75, 3.05) is 0 Å². The second-order valence-electron chi connectivity index (χ2n) is 2.56. The van der Waals surface area contributed by atoms with E-state index in [0.717, 1.165) is 10.3 Å². The van der Waals surface area contributed by atoms with Gasteiger partial charge in [0.1, 0.15) is 16.1 Å². The smallest absolute Gasteiger partial charge is 0.142 e. The molecule has 0 spiro atoms. The molecule has 2 nitrogen and oxygen atoms in total. The third kappa shape index (κ3) is 1.03. The summed E-state index contributed by atoms with van der Waals surface area (Å²) in [6.07, 6.45) is 1.74. The number of hydrogen-bond acceptors (Lipinski definition) is 1. The van der Waals surface area contributed by atoms with Crippen LogP contribution in [-0.4, -0.2) is 9.38 Å². The third-order valence-corrected chi connectivity index (χ3v) is 2.17. The standard InChI is InChI=1S/C8H6BrFN2/c1-5-6(10)2-3-8-11-7(9)4-12(5)8/h2-4H,1H3. The first-order valence-corrected chi connectivity index (χ1v) is 4.27. The van der Waals surface area contributed by atoms with Crippen molar-refractivity contribution in [2.24, 2.45) is 0 Å². The summed E-state index contributed by atoms with van der Waals surface area (Å²) in [6, 6.07) is 3.07. The number of imidazole rings is 1. The molecule has 0 fully saturated rings. The molecule has 2 aromatic rings. The van der Waals surface area contributed by atoms with Crippen LogP contribution in [0.25, 0.3) is 5.65 Å². The van der Waals surface area contributed by atoms with Crippen LogP contribution in [0.1, 0.15) is 5.69 Å². The van der Waals surface area contributed by atoms with E-state index in [9.17, 15) is 4.39 Å². The zero-order valence-electron chi connectivity index (χ0n) is 6.38. The summed E-state index contributed by atoms with van der Waals surface area (Å²) >= 11 is 3.23. The molecule has 0 aromatic carbocycles. The molecule has 0 aliphatic heterocycles. The lowest BCUT2D eigenvalue weighted by molar-refractivity contribution is 0.606. The van der Waals surface area contributed by atoms with Gasteiger partial charge in [-0.2, -0.15) is 0 Å². The van der Waals surface area contributed by atoms with Crippen LogP contribution in [0, 0.1) is 12.7 Å². The SMILES string of the molecule is Cc1c(F)ccc2nc(Br)cn12. The minimum atomic E-state index is -0.215. The van der Waals surface area contributed by atoms with Crippen molar-refractivity contribution in [2.45, 2.75) is 6.92 Å². The number of aryl methyl sites for hydroxylation is 1. The van der Waals surface area contributed by atoms with E-state index in [-0.39, 0.29) is 5.82 Å². The van der Waals surface area contributed by atoms with Gasteiger partial charge in [0.2, 0.25) is 0 Å². The Labute approximate surface area is 77.2 Å². The van der Waals surface area contributed by atoms with Crippen molar-refractivity contribution < 1.29 is 4.39 Å². The van der Waals surface area contributed by atoms with Crippen molar-refractivity contribution >= 4 is 21.6 Å². The fourth-order valence-corrected chi connectivity index (χ4v) is 1.52. The highest BCUT2D eigenvalue weighted by Gasteiger charge is 2.04. The molecule has 0 amide bonds. The highest BCUT2D eigenvalue weighted by Crippen LogP contribution is 2.14. The molecule has 0 radical (unpaired) electrons. The second kappa shape index (κ2) is 2.55. The van der Waals surface area contributed by atoms with Gasteiger partial charge >= 0.3 is 0 Å². The van der Waals surface area contributed by atoms with Gasteiger partial charge < -0.3 is 4.40 Å². The van der Waals surface area contributed by atoms with Crippen molar-refractivity contribution in [3.63, 3.8) is 0 Å². The molecule has 2 aromatic heterocycles. The van der Waals surface area contributed by atoms with Crippen molar-refractivity contribution in [3.05, 3.63) is 34.4 Å². The Morgan fingerprint density at radius 2 is 2.25 bits per heavy atom. The predicted octanol–water partition coefficient (Wildman–Crippen LogP) is 2.54. The number of pyridine rings is 1. The summed E-state index contributed by atoms with van der Waals surface area (Å²) in [6.45, 7) is 1.72. The maximum Gasteiger partial charge on any atom is 0.142 e. The minimum Gasteiger partial charge on any atom is -0.300 e. The van der Waals surface area contributed by atoms with Gasteiger partial charge in [-0.15, -0.1) is 0 Å². The molecule has 0 atom stereocenters. The lowest BCUT2D eigenvalue weighted by Crippen LogP contribution is -1.92. The Hall–Kier alpha value is -0.900. The van der Waals surface area contributed by atoms with Crippen LogP contribution < -0.4 is 0 Å². The Morgan fingerprint density at radius 3 is 3.00 bits per heavy atom. The fraction of sp³-hybridized carbons (Fsp3) is 0.125. The van der Waals surface area contributed by atoms with Gasteiger partial charge in [-0.3, -0.25) is 0 Å². The Bertz CT molecular complexity index is 436. The number of rotatable bonds is 0. The van der Waals surface area contributed by atoms with Gasteiger partial charge in [0.05, 0.1) is 5.69 Å². The predicted molar refractivity (Wildman–Crippen MR) is 47.6 cm³/mol. The number of aromatic nitrogens is 2. The zero-order valence-corrected chi connectivity index (χ0v) is 7.97. The maximum atomic E-state index is 13.0. The first-order chi connectivity index (χ1) is 5.68. The van der Waals surface area contributed by atoms with E-state index in [1.54, 1.807) is 23.6 Å². The Morgan fingerprint density at radius 1 is 1.50 bits per heavy atom. The van der Waals surface area contributed by atoms with Gasteiger partial charge in [0, 0.05) is 6.20 Å². The Kier molecular flexibility index (Phi) is 1.65. The number of nitrogens with zero attached hydrogens (tertiary/aromatic N) is 2. The van der Waals surface area contributed by atoms with Gasteiger partial charge in [0.15, 0.2) is 0 Å². The Balaban J connectivity index is 2.89. The van der Waals surface area contributed by atoms with Gasteiger partial charge in [-0.25, -0.2) is 9.37 Å². The first kappa shape index (κ1) is 7.73. The van der Waals surface area contributed by atoms with Gasteiger partial charge in [-0.1, -0.05) is 0 Å². The molecule has 0 bridgehead atoms. The summed E-state index contributed by atoms with van der Waals surface area (Å²) < 4.78 is 15.4. The fourth-order valence-electron chi connectivity index (χ4n) is 1.13. The van der Waals surface area contributed by atoms with E-state index in [4.69, 9.17) is 0 Å². The molecule has 0 aliphatic rings. The summed E-state index contributed by atoms with van der Waals surface area (Å²) in [5.41, 5.74) is 1.33. The van der Waals surface area contributed by atoms with Crippen LogP contribution in [0.15, 0.2) is 22.9 Å². The molecule has 0 unspecified atom stereocenters. The molecular formula is C8H6BrFN2. The van der Waals surface area contributed by atoms with Gasteiger partial charge in [0.25, 0.3) is 0 Å². The molecule has 2 rings (SSSR count). The average Bonchev–Trinajstić information content (AvgIpc) is 2.39. The topological polar surface area (TPSA) is 17.3 Å². The number of halogens is 2. The van der Waals surface area contributed by atoms with Crippen LogP contribution in [0.5, 0.6) is 0 Å². The van der Waals surface area contributed by atoms with Crippen LogP contribution in [0.4, 0.5) is 4.39 Å². The molecule has 0 saturated carbocycles. The van der Waals surface area contributed by atoms with E-state index >= 15 is 0 Å². The highest BCUT2D eigenvalue weighted by molar-refractivity contribution is 9.10. The van der Waals surface area contributed by atoms with Crippen LogP contribution in [0.3, 0.4) is 0 Å². The highest BCUT2D eigenvalue weighted by atomic mass is 79.9. The quantitative estimate of drug-likeness (QED) is 0.678. The van der Waals surface area contributed by atoms with E-state index in [0.29, 0.717) is 5.69 Å². The molecule has 0 aliphatic carbocycles. The van der Waals surface area contributed by atoms with Crippen LogP contribution in [0.2, 0.25) is 0 Å². The van der Waals surface area contributed by atoms with E-state index in [1.807, 2.05) is 0 Å². The zero-order chi connectivity index (χ0) is 8.72. The van der Waals surface area contributed by atoms with Gasteiger partial charge in [-0.05, 0) is 35.0 Å². The summed E-state index contributed by atoms with van der Waals surface area (Å²) in [5, 5.41) is 0. The molecule has 0 N–H and O–H groups in total. The largest absolute Gasteiger partial charge is 0.300 e. The monoisotopic (exact) mass is 228 g/mol. The van der Waals surface area contributed by atoms with E-state index in [2.05, 4.69) is 20.9 Å². The van der Waals surface area contributed by atoms with Crippen LogP contribution >= 0.6 is 15.9 Å². The lowest BCUT2D eigenvalue weighted by Gasteiger charge is -1.98. The van der Waals surface area contributed by atoms with Crippen molar-refractivity contribution in [1.82, 2.24) is 9.38 Å². The molecule has 12 heavy (non-hydrogen) atoms. The molecular weight excluding hydrogens is 223 g/mol. The summed E-state index contributed by atoms with van der Waals surface area (Å²) in [4.78, 5) is 4.13. The minimum absolute atomic E-state index is 0.215. The first-order valence-electron chi connectivity index (χ1n) is 3.48. The van der Waals surface area contributed by atoms with E-state index in [1.165, 1.54) is 6.07 Å². The normalized spacial score (nSPS) is 10.9. The molecule has 2 heterocycles. The van der Waals surface area contributed by atoms with Crippen molar-refractivity contribution in [1.29, 1.82) is 0 Å². The van der Waals surface area contributed by atoms with E-state index < -0.39 is 0 Å². The lowest BCUT2D eigenvalue weighted by atomic mass is 10.3. The van der Waals surface area contributed by atoms with Crippen molar-refractivity contribution in [3.8, 4) is 0 Å². The maximum absolute atomic E-state index is 13.0. The summed E-state index contributed by atoms with van der Waals surface area (Å²) in [5.74, 6) is -0.215. The summed E-state index contributed by atoms with van der Waals surface area (Å²) in [7, 11) is 0. The third-order valence-electron chi connectivity index (χ3n) is 1.79. The molecule has 4 heteroatoms. The average molecular weight is 229 g/mol. The molecule has 0 saturated heterocycles. The number of fused-ring (bicyclic) bond motifs is 1.